The van der Waals surface area contributed by atoms with E-state index in [1.165, 1.54) is 5.56 Å². The summed E-state index contributed by atoms with van der Waals surface area (Å²) in [7, 11) is 4.81. The summed E-state index contributed by atoms with van der Waals surface area (Å²) < 4.78 is 17.6. The van der Waals surface area contributed by atoms with Gasteiger partial charge >= 0.3 is 0 Å². The maximum absolute atomic E-state index is 12.5. The molecule has 1 aliphatic carbocycles. The second kappa shape index (κ2) is 8.56. The second-order valence-electron chi connectivity index (χ2n) is 7.18. The van der Waals surface area contributed by atoms with Crippen LogP contribution >= 0.6 is 0 Å². The molecule has 0 fully saturated rings. The van der Waals surface area contributed by atoms with Crippen molar-refractivity contribution in [2.45, 2.75) is 38.1 Å². The number of aryl methyl sites for hydroxylation is 2. The van der Waals surface area contributed by atoms with E-state index in [9.17, 15) is 4.79 Å². The molecular formula is C21H25N5O4. The minimum Gasteiger partial charge on any atom is -0.493 e. The molecule has 158 valence electrons. The summed E-state index contributed by atoms with van der Waals surface area (Å²) in [4.78, 5) is 12.5. The largest absolute Gasteiger partial charge is 0.493 e. The standard InChI is InChI=1S/C21H25N5O4/c1-28-16-11-13-7-8-15(14(13)12-17(16)29-2)22-20(27)6-4-5-18-23-24-19-9-10-21(30-3)25-26(18)19/h9-12,15H,4-8H2,1-3H3,(H,22,27)/t15-/m0/s1. The van der Waals surface area contributed by atoms with Gasteiger partial charge in [0.25, 0.3) is 0 Å². The molecule has 0 unspecified atom stereocenters. The van der Waals surface area contributed by atoms with E-state index in [0.29, 0.717) is 48.1 Å². The van der Waals surface area contributed by atoms with E-state index in [1.807, 2.05) is 12.1 Å². The molecule has 0 saturated heterocycles. The summed E-state index contributed by atoms with van der Waals surface area (Å²) in [5.74, 6) is 2.61. The van der Waals surface area contributed by atoms with E-state index in [2.05, 4.69) is 20.6 Å². The van der Waals surface area contributed by atoms with E-state index < -0.39 is 0 Å². The van der Waals surface area contributed by atoms with Gasteiger partial charge in [-0.05, 0) is 48.6 Å². The number of hydrogen-bond donors (Lipinski definition) is 1. The van der Waals surface area contributed by atoms with Crippen molar-refractivity contribution in [1.29, 1.82) is 0 Å². The van der Waals surface area contributed by atoms with Gasteiger partial charge in [0.15, 0.2) is 23.0 Å². The monoisotopic (exact) mass is 411 g/mol. The Morgan fingerprint density at radius 2 is 1.93 bits per heavy atom. The highest BCUT2D eigenvalue weighted by Crippen LogP contribution is 2.39. The van der Waals surface area contributed by atoms with Gasteiger partial charge in [0.1, 0.15) is 0 Å². The Kier molecular flexibility index (Phi) is 5.69. The normalized spacial score (nSPS) is 15.1. The van der Waals surface area contributed by atoms with Crippen LogP contribution in [0, 0.1) is 0 Å². The second-order valence-corrected chi connectivity index (χ2v) is 7.18. The Labute approximate surface area is 174 Å². The smallest absolute Gasteiger partial charge is 0.231 e. The summed E-state index contributed by atoms with van der Waals surface area (Å²) >= 11 is 0. The van der Waals surface area contributed by atoms with Crippen LogP contribution in [0.1, 0.15) is 42.3 Å². The van der Waals surface area contributed by atoms with Crippen LogP contribution < -0.4 is 19.5 Å². The third-order valence-electron chi connectivity index (χ3n) is 5.37. The molecule has 1 atom stereocenters. The predicted molar refractivity (Wildman–Crippen MR) is 109 cm³/mol. The lowest BCUT2D eigenvalue weighted by molar-refractivity contribution is -0.121. The molecule has 2 heterocycles. The van der Waals surface area contributed by atoms with Crippen molar-refractivity contribution < 1.29 is 19.0 Å². The number of nitrogens with one attached hydrogen (secondary N) is 1. The predicted octanol–water partition coefficient (Wildman–Crippen LogP) is 2.28. The maximum Gasteiger partial charge on any atom is 0.231 e. The van der Waals surface area contributed by atoms with Gasteiger partial charge in [-0.25, -0.2) is 0 Å². The minimum absolute atomic E-state index is 0.00726. The fourth-order valence-corrected chi connectivity index (χ4v) is 3.84. The summed E-state index contributed by atoms with van der Waals surface area (Å²) in [5, 5.41) is 15.8. The average molecular weight is 411 g/mol. The molecule has 2 aromatic heterocycles. The first kappa shape index (κ1) is 19.9. The van der Waals surface area contributed by atoms with Gasteiger partial charge in [-0.3, -0.25) is 4.79 Å². The lowest BCUT2D eigenvalue weighted by Crippen LogP contribution is -2.27. The number of hydrogen-bond acceptors (Lipinski definition) is 7. The topological polar surface area (TPSA) is 99.9 Å². The Hall–Kier alpha value is -3.36. The number of nitrogens with zero attached hydrogens (tertiary/aromatic N) is 4. The fraction of sp³-hybridized carbons (Fsp3) is 0.429. The molecule has 1 amide bonds. The summed E-state index contributed by atoms with van der Waals surface area (Å²) in [5.41, 5.74) is 2.94. The highest BCUT2D eigenvalue weighted by molar-refractivity contribution is 5.76. The van der Waals surface area contributed by atoms with Gasteiger partial charge in [0.2, 0.25) is 11.8 Å². The molecule has 0 spiro atoms. The third-order valence-corrected chi connectivity index (χ3v) is 5.37. The molecule has 3 aromatic rings. The van der Waals surface area contributed by atoms with Gasteiger partial charge in [-0.15, -0.1) is 15.3 Å². The summed E-state index contributed by atoms with van der Waals surface area (Å²) in [6.45, 7) is 0. The van der Waals surface area contributed by atoms with Crippen LogP contribution in [0.2, 0.25) is 0 Å². The SMILES string of the molecule is COc1ccc2nnc(CCCC(=O)N[C@H]3CCc4cc(OC)c(OC)cc43)n2n1. The molecule has 0 bridgehead atoms. The number of carbonyl (C=O) groups is 1. The van der Waals surface area contributed by atoms with E-state index in [4.69, 9.17) is 14.2 Å². The zero-order valence-corrected chi connectivity index (χ0v) is 17.3. The summed E-state index contributed by atoms with van der Waals surface area (Å²) in [6.07, 6.45) is 3.42. The average Bonchev–Trinajstić information content (AvgIpc) is 3.35. The molecule has 9 nitrogen and oxygen atoms in total. The zero-order chi connectivity index (χ0) is 21.1. The maximum atomic E-state index is 12.5. The molecule has 0 radical (unpaired) electrons. The molecule has 1 N–H and O–H groups in total. The van der Waals surface area contributed by atoms with E-state index in [0.717, 1.165) is 18.4 Å². The Morgan fingerprint density at radius 1 is 1.13 bits per heavy atom. The van der Waals surface area contributed by atoms with Gasteiger partial charge in [-0.1, -0.05) is 0 Å². The van der Waals surface area contributed by atoms with Crippen molar-refractivity contribution in [2.75, 3.05) is 21.3 Å². The molecule has 0 aliphatic heterocycles. The number of ether oxygens (including phenoxy) is 3. The quantitative estimate of drug-likeness (QED) is 0.607. The van der Waals surface area contributed by atoms with Gasteiger partial charge in [0, 0.05) is 18.9 Å². The number of carbonyl (C=O) groups excluding carboxylic acids is 1. The molecule has 4 rings (SSSR count). The van der Waals surface area contributed by atoms with Crippen LogP contribution in [0.5, 0.6) is 17.4 Å². The van der Waals surface area contributed by atoms with Gasteiger partial charge in [0.05, 0.1) is 27.4 Å². The number of fused-ring (bicyclic) bond motifs is 2. The number of amides is 1. The lowest BCUT2D eigenvalue weighted by atomic mass is 10.1. The Bertz CT molecular complexity index is 1060. The fourth-order valence-electron chi connectivity index (χ4n) is 3.84. The van der Waals surface area contributed by atoms with Crippen molar-refractivity contribution >= 4 is 11.6 Å². The van der Waals surface area contributed by atoms with Crippen LogP contribution in [0.25, 0.3) is 5.65 Å². The zero-order valence-electron chi connectivity index (χ0n) is 17.3. The number of benzene rings is 1. The molecule has 1 aliphatic rings. The summed E-state index contributed by atoms with van der Waals surface area (Å²) in [6, 6.07) is 7.50. The molecule has 9 heteroatoms. The van der Waals surface area contributed by atoms with Crippen molar-refractivity contribution in [1.82, 2.24) is 25.1 Å². The van der Waals surface area contributed by atoms with E-state index in [1.54, 1.807) is 38.0 Å². The van der Waals surface area contributed by atoms with Crippen LogP contribution in [0.4, 0.5) is 0 Å². The third kappa shape index (κ3) is 3.87. The van der Waals surface area contributed by atoms with Crippen molar-refractivity contribution in [3.63, 3.8) is 0 Å². The molecule has 0 saturated carbocycles. The van der Waals surface area contributed by atoms with Crippen LogP contribution in [-0.2, 0) is 17.6 Å². The number of rotatable bonds is 8. The molecular weight excluding hydrogens is 386 g/mol. The first-order chi connectivity index (χ1) is 14.6. The van der Waals surface area contributed by atoms with Crippen molar-refractivity contribution in [3.8, 4) is 17.4 Å². The van der Waals surface area contributed by atoms with Crippen molar-refractivity contribution in [3.05, 3.63) is 41.2 Å². The first-order valence-electron chi connectivity index (χ1n) is 9.92. The Morgan fingerprint density at radius 3 is 2.70 bits per heavy atom. The highest BCUT2D eigenvalue weighted by Gasteiger charge is 2.26. The van der Waals surface area contributed by atoms with E-state index >= 15 is 0 Å². The molecule has 30 heavy (non-hydrogen) atoms. The van der Waals surface area contributed by atoms with Crippen LogP contribution in [-0.4, -0.2) is 47.0 Å². The van der Waals surface area contributed by atoms with Gasteiger partial charge in [-0.2, -0.15) is 4.52 Å². The highest BCUT2D eigenvalue weighted by atomic mass is 16.5. The number of methoxy groups -OCH3 is 3. The van der Waals surface area contributed by atoms with Crippen LogP contribution in [0.15, 0.2) is 24.3 Å². The van der Waals surface area contributed by atoms with Gasteiger partial charge < -0.3 is 19.5 Å². The van der Waals surface area contributed by atoms with Crippen LogP contribution in [0.3, 0.4) is 0 Å². The molecule has 1 aromatic carbocycles. The first-order valence-corrected chi connectivity index (χ1v) is 9.92. The number of aromatic nitrogens is 4. The minimum atomic E-state index is -0.00726. The lowest BCUT2D eigenvalue weighted by Gasteiger charge is -2.16. The Balaban J connectivity index is 1.36. The van der Waals surface area contributed by atoms with Crippen molar-refractivity contribution in [2.24, 2.45) is 0 Å². The van der Waals surface area contributed by atoms with E-state index in [-0.39, 0.29) is 11.9 Å².